The SMILES string of the molecule is CC(C)=CCOCCC#N. The van der Waals surface area contributed by atoms with Crippen LogP contribution in [0.15, 0.2) is 11.6 Å². The molecule has 0 rings (SSSR count). The van der Waals surface area contributed by atoms with Crippen molar-refractivity contribution in [3.05, 3.63) is 11.6 Å². The summed E-state index contributed by atoms with van der Waals surface area (Å²) < 4.78 is 5.09. The Kier molecular flexibility index (Phi) is 5.80. The Labute approximate surface area is 62.1 Å². The molecule has 0 heterocycles. The molecular formula is C8H13NO. The second-order valence-corrected chi connectivity index (χ2v) is 2.26. The van der Waals surface area contributed by atoms with E-state index < -0.39 is 0 Å². The molecule has 0 spiro atoms. The van der Waals surface area contributed by atoms with E-state index in [1.807, 2.05) is 26.0 Å². The highest BCUT2D eigenvalue weighted by atomic mass is 16.5. The molecule has 2 heteroatoms. The van der Waals surface area contributed by atoms with Crippen LogP contribution < -0.4 is 0 Å². The molecule has 0 aromatic heterocycles. The van der Waals surface area contributed by atoms with Gasteiger partial charge in [-0.2, -0.15) is 5.26 Å². The van der Waals surface area contributed by atoms with Crippen molar-refractivity contribution in [2.75, 3.05) is 13.2 Å². The monoisotopic (exact) mass is 139 g/mol. The van der Waals surface area contributed by atoms with Gasteiger partial charge in [0.25, 0.3) is 0 Å². The van der Waals surface area contributed by atoms with Gasteiger partial charge in [0, 0.05) is 0 Å². The highest BCUT2D eigenvalue weighted by Crippen LogP contribution is 1.88. The predicted molar refractivity (Wildman–Crippen MR) is 40.5 cm³/mol. The molecule has 0 aliphatic carbocycles. The molecule has 0 radical (unpaired) electrons. The maximum atomic E-state index is 8.13. The van der Waals surface area contributed by atoms with Gasteiger partial charge in [-0.15, -0.1) is 0 Å². The molecular weight excluding hydrogens is 126 g/mol. The molecule has 2 nitrogen and oxygen atoms in total. The van der Waals surface area contributed by atoms with E-state index in [1.54, 1.807) is 0 Å². The first-order valence-corrected chi connectivity index (χ1v) is 3.35. The van der Waals surface area contributed by atoms with Gasteiger partial charge in [-0.25, -0.2) is 0 Å². The summed E-state index contributed by atoms with van der Waals surface area (Å²) >= 11 is 0. The van der Waals surface area contributed by atoms with E-state index in [2.05, 4.69) is 0 Å². The Balaban J connectivity index is 3.07. The van der Waals surface area contributed by atoms with Gasteiger partial charge in [0.15, 0.2) is 0 Å². The van der Waals surface area contributed by atoms with Crippen LogP contribution in [0.1, 0.15) is 20.3 Å². The van der Waals surface area contributed by atoms with Crippen LogP contribution in [0.5, 0.6) is 0 Å². The van der Waals surface area contributed by atoms with Crippen molar-refractivity contribution in [3.8, 4) is 6.07 Å². The van der Waals surface area contributed by atoms with Gasteiger partial charge in [0.05, 0.1) is 25.7 Å². The summed E-state index contributed by atoms with van der Waals surface area (Å²) in [6.07, 6.45) is 2.48. The number of hydrogen-bond acceptors (Lipinski definition) is 2. The zero-order valence-electron chi connectivity index (χ0n) is 6.55. The summed E-state index contributed by atoms with van der Waals surface area (Å²) in [6, 6.07) is 2.01. The zero-order chi connectivity index (χ0) is 7.82. The molecule has 0 aromatic carbocycles. The average Bonchev–Trinajstić information content (AvgIpc) is 1.87. The van der Waals surface area contributed by atoms with Crippen LogP contribution in [0.3, 0.4) is 0 Å². The van der Waals surface area contributed by atoms with Crippen molar-refractivity contribution >= 4 is 0 Å². The smallest absolute Gasteiger partial charge is 0.0650 e. The molecule has 0 aliphatic rings. The number of nitriles is 1. The molecule has 0 fully saturated rings. The van der Waals surface area contributed by atoms with E-state index in [0.717, 1.165) is 0 Å². The van der Waals surface area contributed by atoms with Gasteiger partial charge in [-0.1, -0.05) is 11.6 Å². The summed E-state index contributed by atoms with van der Waals surface area (Å²) in [5, 5.41) is 8.13. The normalized spacial score (nSPS) is 8.50. The molecule has 0 saturated carbocycles. The first kappa shape index (κ1) is 9.19. The lowest BCUT2D eigenvalue weighted by Crippen LogP contribution is -1.92. The van der Waals surface area contributed by atoms with Crippen molar-refractivity contribution < 1.29 is 4.74 Å². The lowest BCUT2D eigenvalue weighted by molar-refractivity contribution is 0.168. The molecule has 0 atom stereocenters. The summed E-state index contributed by atoms with van der Waals surface area (Å²) in [7, 11) is 0. The minimum absolute atomic E-state index is 0.483. The summed E-state index contributed by atoms with van der Waals surface area (Å²) in [5.41, 5.74) is 1.25. The van der Waals surface area contributed by atoms with Crippen molar-refractivity contribution in [3.63, 3.8) is 0 Å². The molecule has 0 amide bonds. The first-order chi connectivity index (χ1) is 4.77. The fraction of sp³-hybridized carbons (Fsp3) is 0.625. The highest BCUT2D eigenvalue weighted by Gasteiger charge is 1.82. The van der Waals surface area contributed by atoms with Crippen LogP contribution in [-0.4, -0.2) is 13.2 Å². The van der Waals surface area contributed by atoms with Gasteiger partial charge < -0.3 is 4.74 Å². The molecule has 0 N–H and O–H groups in total. The van der Waals surface area contributed by atoms with E-state index in [1.165, 1.54) is 5.57 Å². The van der Waals surface area contributed by atoms with Crippen molar-refractivity contribution in [2.45, 2.75) is 20.3 Å². The quantitative estimate of drug-likeness (QED) is 0.440. The first-order valence-electron chi connectivity index (χ1n) is 3.35. The van der Waals surface area contributed by atoms with E-state index in [-0.39, 0.29) is 0 Å². The van der Waals surface area contributed by atoms with E-state index in [0.29, 0.717) is 19.6 Å². The topological polar surface area (TPSA) is 33.0 Å². The van der Waals surface area contributed by atoms with Gasteiger partial charge in [0.2, 0.25) is 0 Å². The summed E-state index contributed by atoms with van der Waals surface area (Å²) in [6.45, 7) is 5.21. The molecule has 56 valence electrons. The fourth-order valence-electron chi connectivity index (χ4n) is 0.427. The predicted octanol–water partition coefficient (Wildman–Crippen LogP) is 1.88. The number of hydrogen-bond donors (Lipinski definition) is 0. The Bertz CT molecular complexity index is 140. The number of nitrogens with zero attached hydrogens (tertiary/aromatic N) is 1. The second kappa shape index (κ2) is 6.31. The largest absolute Gasteiger partial charge is 0.376 e. The molecule has 0 unspecified atom stereocenters. The standard InChI is InChI=1S/C8H13NO/c1-8(2)4-7-10-6-3-5-9/h4H,3,6-7H2,1-2H3. The Morgan fingerprint density at radius 2 is 2.30 bits per heavy atom. The lowest BCUT2D eigenvalue weighted by Gasteiger charge is -1.95. The Hall–Kier alpha value is -0.810. The second-order valence-electron chi connectivity index (χ2n) is 2.26. The van der Waals surface area contributed by atoms with Crippen LogP contribution >= 0.6 is 0 Å². The van der Waals surface area contributed by atoms with Crippen molar-refractivity contribution in [1.29, 1.82) is 5.26 Å². The van der Waals surface area contributed by atoms with Crippen LogP contribution in [0.2, 0.25) is 0 Å². The minimum Gasteiger partial charge on any atom is -0.376 e. The van der Waals surface area contributed by atoms with Crippen LogP contribution in [0.25, 0.3) is 0 Å². The van der Waals surface area contributed by atoms with Crippen LogP contribution in [0.4, 0.5) is 0 Å². The van der Waals surface area contributed by atoms with E-state index in [4.69, 9.17) is 10.00 Å². The van der Waals surface area contributed by atoms with Gasteiger partial charge in [-0.05, 0) is 13.8 Å². The third-order valence-electron chi connectivity index (χ3n) is 0.968. The van der Waals surface area contributed by atoms with E-state index in [9.17, 15) is 0 Å². The Morgan fingerprint density at radius 1 is 1.60 bits per heavy atom. The maximum Gasteiger partial charge on any atom is 0.0650 e. The molecule has 10 heavy (non-hydrogen) atoms. The summed E-state index contributed by atoms with van der Waals surface area (Å²) in [5.74, 6) is 0. The average molecular weight is 139 g/mol. The van der Waals surface area contributed by atoms with Crippen LogP contribution in [-0.2, 0) is 4.74 Å². The molecule has 0 saturated heterocycles. The zero-order valence-corrected chi connectivity index (χ0v) is 6.55. The third-order valence-corrected chi connectivity index (χ3v) is 0.968. The van der Waals surface area contributed by atoms with Crippen molar-refractivity contribution in [2.24, 2.45) is 0 Å². The molecule has 0 aliphatic heterocycles. The number of ether oxygens (including phenoxy) is 1. The maximum absolute atomic E-state index is 8.13. The van der Waals surface area contributed by atoms with Gasteiger partial charge >= 0.3 is 0 Å². The number of allylic oxidation sites excluding steroid dienone is 1. The fourth-order valence-corrected chi connectivity index (χ4v) is 0.427. The Morgan fingerprint density at radius 3 is 2.80 bits per heavy atom. The summed E-state index contributed by atoms with van der Waals surface area (Å²) in [4.78, 5) is 0. The van der Waals surface area contributed by atoms with Gasteiger partial charge in [0.1, 0.15) is 0 Å². The highest BCUT2D eigenvalue weighted by molar-refractivity contribution is 4.92. The van der Waals surface area contributed by atoms with Gasteiger partial charge in [-0.3, -0.25) is 0 Å². The molecule has 0 aromatic rings. The molecule has 0 bridgehead atoms. The third kappa shape index (κ3) is 7.19. The lowest BCUT2D eigenvalue weighted by atomic mass is 10.3. The minimum atomic E-state index is 0.483. The number of rotatable bonds is 4. The van der Waals surface area contributed by atoms with E-state index >= 15 is 0 Å². The van der Waals surface area contributed by atoms with Crippen molar-refractivity contribution in [1.82, 2.24) is 0 Å². The van der Waals surface area contributed by atoms with Crippen LogP contribution in [0, 0.1) is 11.3 Å².